The molecule has 140 valence electrons. The van der Waals surface area contributed by atoms with Crippen molar-refractivity contribution in [2.75, 3.05) is 5.32 Å². The predicted molar refractivity (Wildman–Crippen MR) is 107 cm³/mol. The van der Waals surface area contributed by atoms with Gasteiger partial charge in [-0.05, 0) is 35.9 Å². The number of fused-ring (bicyclic) bond motifs is 2. The molecule has 0 aliphatic carbocycles. The number of nitrogens with one attached hydrogen (secondary N) is 2. The Balaban J connectivity index is 1.65. The number of H-pyrrole nitrogens is 1. The highest BCUT2D eigenvalue weighted by molar-refractivity contribution is 7.94. The monoisotopic (exact) mass is 401 g/mol. The van der Waals surface area contributed by atoms with E-state index in [9.17, 15) is 18.5 Å². The van der Waals surface area contributed by atoms with Crippen LogP contribution in [0.3, 0.4) is 0 Å². The Morgan fingerprint density at radius 1 is 1.34 bits per heavy atom. The number of carbonyl (C=O) groups excluding carboxylic acids is 1. The molecular weight excluding hydrogens is 390 g/mol. The number of hydrogen-bond donors (Lipinski definition) is 2. The largest absolute Gasteiger partial charge is 0.346 e. The molecule has 1 aliphatic rings. The Bertz CT molecular complexity index is 1430. The van der Waals surface area contributed by atoms with Crippen molar-refractivity contribution in [2.45, 2.75) is 4.90 Å². The minimum absolute atomic E-state index is 0.104. The number of benzene rings is 1. The molecule has 29 heavy (non-hydrogen) atoms. The molecule has 0 unspecified atom stereocenters. The molecule has 0 saturated carbocycles. The third-order valence-electron chi connectivity index (χ3n) is 4.35. The number of nitriles is 1. The number of anilines is 1. The normalized spacial score (nSPS) is 14.2. The van der Waals surface area contributed by atoms with Crippen molar-refractivity contribution in [3.05, 3.63) is 70.2 Å². The number of hydrogen-bond acceptors (Lipinski definition) is 5. The van der Waals surface area contributed by atoms with Gasteiger partial charge >= 0.3 is 0 Å². The molecule has 4 rings (SSSR count). The highest BCUT2D eigenvalue weighted by atomic mass is 32.2. The molecule has 2 N–H and O–H groups in total. The fourth-order valence-corrected chi connectivity index (χ4v) is 4.16. The van der Waals surface area contributed by atoms with E-state index < -0.39 is 15.7 Å². The fourth-order valence-electron chi connectivity index (χ4n) is 2.93. The molecule has 0 spiro atoms. The second kappa shape index (κ2) is 6.75. The fraction of sp³-hybridized carbons (Fsp3) is 0. The number of aromatic amines is 1. The summed E-state index contributed by atoms with van der Waals surface area (Å²) in [6.07, 6.45) is 5.88. The van der Waals surface area contributed by atoms with Crippen molar-refractivity contribution in [1.29, 1.82) is 5.26 Å². The quantitative estimate of drug-likeness (QED) is 0.396. The second-order valence-corrected chi connectivity index (χ2v) is 7.97. The summed E-state index contributed by atoms with van der Waals surface area (Å²) in [5, 5.41) is 13.7. The van der Waals surface area contributed by atoms with Gasteiger partial charge in [0.15, 0.2) is 0 Å². The average Bonchev–Trinajstić information content (AvgIpc) is 3.25. The van der Waals surface area contributed by atoms with Crippen LogP contribution in [-0.2, 0) is 14.6 Å². The van der Waals surface area contributed by atoms with Gasteiger partial charge < -0.3 is 10.3 Å². The molecule has 3 aromatic rings. The van der Waals surface area contributed by atoms with Gasteiger partial charge in [0.1, 0.15) is 17.3 Å². The van der Waals surface area contributed by atoms with Crippen LogP contribution in [-0.4, -0.2) is 24.3 Å². The van der Waals surface area contributed by atoms with Crippen LogP contribution in [0, 0.1) is 17.9 Å². The topological polar surface area (TPSA) is 120 Å². The second-order valence-electron chi connectivity index (χ2n) is 6.17. The minimum atomic E-state index is -3.51. The van der Waals surface area contributed by atoms with E-state index in [1.165, 1.54) is 24.4 Å². The van der Waals surface area contributed by atoms with Crippen LogP contribution in [0.25, 0.3) is 28.0 Å². The standard InChI is InChI=1S/C20H11N5O3S/c1-22-16-7-17-14(10-23-19(17)24-11-16)6-13(9-21)20(26)25-15-3-2-12-4-5-29(27,28)18(12)8-15/h2-8,10-11H,(H,23,24)(H,25,26)/b13-6+. The SMILES string of the molecule is [C-]#[N+]c1cnc2[nH]cc(/C=C(\C#N)C(=O)Nc3ccc4c(c3)S(=O)(=O)C=C4)c2c1. The number of nitrogens with zero attached hydrogens (tertiary/aromatic N) is 3. The predicted octanol–water partition coefficient (Wildman–Crippen LogP) is 3.42. The molecule has 0 saturated heterocycles. The van der Waals surface area contributed by atoms with Crippen LogP contribution in [0.4, 0.5) is 11.4 Å². The Kier molecular flexibility index (Phi) is 4.23. The molecule has 0 fully saturated rings. The average molecular weight is 401 g/mol. The number of carbonyl (C=O) groups is 1. The van der Waals surface area contributed by atoms with Crippen molar-refractivity contribution in [3.8, 4) is 6.07 Å². The van der Waals surface area contributed by atoms with Crippen molar-refractivity contribution in [1.82, 2.24) is 9.97 Å². The molecule has 1 amide bonds. The highest BCUT2D eigenvalue weighted by Gasteiger charge is 2.21. The third kappa shape index (κ3) is 3.27. The lowest BCUT2D eigenvalue weighted by atomic mass is 10.1. The van der Waals surface area contributed by atoms with Crippen LogP contribution in [0.1, 0.15) is 11.1 Å². The van der Waals surface area contributed by atoms with E-state index in [1.54, 1.807) is 24.4 Å². The first kappa shape index (κ1) is 18.2. The lowest BCUT2D eigenvalue weighted by molar-refractivity contribution is -0.112. The number of aromatic nitrogens is 2. The van der Waals surface area contributed by atoms with E-state index in [4.69, 9.17) is 6.57 Å². The summed E-state index contributed by atoms with van der Waals surface area (Å²) in [7, 11) is -3.51. The van der Waals surface area contributed by atoms with Crippen molar-refractivity contribution >= 4 is 50.3 Å². The van der Waals surface area contributed by atoms with Crippen molar-refractivity contribution in [2.24, 2.45) is 0 Å². The minimum Gasteiger partial charge on any atom is -0.346 e. The summed E-state index contributed by atoms with van der Waals surface area (Å²) in [6.45, 7) is 7.09. The van der Waals surface area contributed by atoms with Gasteiger partial charge in [0.05, 0.1) is 11.5 Å². The van der Waals surface area contributed by atoms with Crippen molar-refractivity contribution < 1.29 is 13.2 Å². The Morgan fingerprint density at radius 3 is 2.93 bits per heavy atom. The molecule has 0 bridgehead atoms. The lowest BCUT2D eigenvalue weighted by Gasteiger charge is -2.06. The maximum absolute atomic E-state index is 12.5. The molecule has 9 heteroatoms. The van der Waals surface area contributed by atoms with Crippen LogP contribution in [0.2, 0.25) is 0 Å². The number of amides is 1. The Hall–Kier alpha value is -4.21. The van der Waals surface area contributed by atoms with Crippen molar-refractivity contribution in [3.63, 3.8) is 0 Å². The number of sulfone groups is 1. The molecule has 0 atom stereocenters. The van der Waals surface area contributed by atoms with Gasteiger partial charge in [0.25, 0.3) is 5.91 Å². The summed E-state index contributed by atoms with van der Waals surface area (Å²) >= 11 is 0. The maximum Gasteiger partial charge on any atom is 0.266 e. The van der Waals surface area contributed by atoms with Gasteiger partial charge in [0.2, 0.25) is 15.5 Å². The molecule has 8 nitrogen and oxygen atoms in total. The summed E-state index contributed by atoms with van der Waals surface area (Å²) in [5.41, 5.74) is 2.02. The third-order valence-corrected chi connectivity index (χ3v) is 5.81. The van der Waals surface area contributed by atoms with Gasteiger partial charge in [-0.1, -0.05) is 6.07 Å². The molecule has 2 aromatic heterocycles. The number of rotatable bonds is 3. The molecule has 1 aromatic carbocycles. The summed E-state index contributed by atoms with van der Waals surface area (Å²) in [6, 6.07) is 7.96. The lowest BCUT2D eigenvalue weighted by Crippen LogP contribution is -2.13. The first-order valence-corrected chi connectivity index (χ1v) is 9.81. The van der Waals surface area contributed by atoms with E-state index in [1.807, 2.05) is 6.07 Å². The Labute approximate surface area is 165 Å². The summed E-state index contributed by atoms with van der Waals surface area (Å²) in [4.78, 5) is 23.0. The van der Waals surface area contributed by atoms with E-state index in [-0.39, 0.29) is 16.2 Å². The Morgan fingerprint density at radius 2 is 2.17 bits per heavy atom. The molecular formula is C20H11N5O3S. The van der Waals surface area contributed by atoms with Crippen LogP contribution in [0.5, 0.6) is 0 Å². The van der Waals surface area contributed by atoms with Gasteiger partial charge in [-0.2, -0.15) is 5.26 Å². The number of pyridine rings is 1. The molecule has 3 heterocycles. The molecule has 1 aliphatic heterocycles. The van der Waals surface area contributed by atoms with E-state index in [2.05, 4.69) is 20.1 Å². The molecule has 0 radical (unpaired) electrons. The first-order valence-electron chi connectivity index (χ1n) is 8.26. The van der Waals surface area contributed by atoms with Gasteiger partial charge in [0, 0.05) is 34.4 Å². The summed E-state index contributed by atoms with van der Waals surface area (Å²) < 4.78 is 24.0. The van der Waals surface area contributed by atoms with Crippen LogP contribution >= 0.6 is 0 Å². The zero-order valence-electron chi connectivity index (χ0n) is 14.7. The van der Waals surface area contributed by atoms with E-state index in [0.29, 0.717) is 27.8 Å². The maximum atomic E-state index is 12.5. The van der Waals surface area contributed by atoms with Crippen LogP contribution < -0.4 is 5.32 Å². The first-order chi connectivity index (χ1) is 13.9. The van der Waals surface area contributed by atoms with Gasteiger partial charge in [-0.25, -0.2) is 13.3 Å². The zero-order valence-corrected chi connectivity index (χ0v) is 15.5. The highest BCUT2D eigenvalue weighted by Crippen LogP contribution is 2.29. The smallest absolute Gasteiger partial charge is 0.266 e. The van der Waals surface area contributed by atoms with E-state index >= 15 is 0 Å². The zero-order chi connectivity index (χ0) is 20.6. The van der Waals surface area contributed by atoms with E-state index in [0.717, 1.165) is 5.41 Å². The van der Waals surface area contributed by atoms with Crippen LogP contribution in [0.15, 0.2) is 52.5 Å². The van der Waals surface area contributed by atoms with Gasteiger partial charge in [-0.15, -0.1) is 0 Å². The summed E-state index contributed by atoms with van der Waals surface area (Å²) in [5.74, 6) is -0.681. The van der Waals surface area contributed by atoms with Gasteiger partial charge in [-0.3, -0.25) is 9.78 Å².